The second-order valence-electron chi connectivity index (χ2n) is 5.67. The average molecular weight is 426 g/mol. The van der Waals surface area contributed by atoms with Crippen molar-refractivity contribution in [1.29, 1.82) is 0 Å². The molecule has 0 bridgehead atoms. The molecule has 8 heteroatoms. The van der Waals surface area contributed by atoms with E-state index in [0.29, 0.717) is 16.8 Å². The monoisotopic (exact) mass is 425 g/mol. The molecule has 3 aromatic rings. The number of nitrogens with two attached hydrogens (primary N) is 1. The van der Waals surface area contributed by atoms with Crippen molar-refractivity contribution in [2.75, 3.05) is 0 Å². The van der Waals surface area contributed by atoms with Gasteiger partial charge in [0.25, 0.3) is 5.91 Å². The highest BCUT2D eigenvalue weighted by Crippen LogP contribution is 2.20. The van der Waals surface area contributed by atoms with Crippen LogP contribution < -0.4 is 11.2 Å². The van der Waals surface area contributed by atoms with Gasteiger partial charge in [-0.25, -0.2) is 5.43 Å². The molecule has 0 aliphatic heterocycles. The van der Waals surface area contributed by atoms with Crippen LogP contribution in [0.2, 0.25) is 0 Å². The van der Waals surface area contributed by atoms with Crippen molar-refractivity contribution < 1.29 is 9.59 Å². The summed E-state index contributed by atoms with van der Waals surface area (Å²) in [5.74, 6) is -0.832. The van der Waals surface area contributed by atoms with Crippen molar-refractivity contribution in [2.45, 2.75) is 6.54 Å². The van der Waals surface area contributed by atoms with Crippen molar-refractivity contribution in [3.8, 4) is 11.3 Å². The molecule has 0 saturated heterocycles. The van der Waals surface area contributed by atoms with E-state index in [0.717, 1.165) is 10.0 Å². The molecule has 2 aromatic carbocycles. The zero-order chi connectivity index (χ0) is 19.2. The second-order valence-corrected chi connectivity index (χ2v) is 6.59. The number of nitrogens with one attached hydrogen (secondary N) is 1. The standard InChI is InChI=1S/C19H16BrN5O2/c20-16-8-4-7-14(9-16)19(27)23-22-10-15-11-25(12-17(21)26)24-18(15)13-5-2-1-3-6-13/h1-11H,12H2,(H2,21,26)(H,23,27)/b22-10-. The predicted octanol–water partition coefficient (Wildman–Crippen LogP) is 2.56. The first kappa shape index (κ1) is 18.5. The third-order valence-electron chi connectivity index (χ3n) is 3.61. The third-order valence-corrected chi connectivity index (χ3v) is 4.10. The Balaban J connectivity index is 1.82. The number of hydrazone groups is 1. The van der Waals surface area contributed by atoms with E-state index in [1.165, 1.54) is 10.9 Å². The molecule has 0 radical (unpaired) electrons. The molecule has 27 heavy (non-hydrogen) atoms. The molecule has 0 aliphatic rings. The molecule has 3 rings (SSSR count). The molecule has 0 fully saturated rings. The summed E-state index contributed by atoms with van der Waals surface area (Å²) >= 11 is 3.33. The second kappa shape index (κ2) is 8.41. The van der Waals surface area contributed by atoms with Crippen molar-refractivity contribution in [3.05, 3.63) is 76.4 Å². The van der Waals surface area contributed by atoms with E-state index < -0.39 is 5.91 Å². The first-order chi connectivity index (χ1) is 13.0. The number of halogens is 1. The van der Waals surface area contributed by atoms with Crippen LogP contribution in [0.15, 0.2) is 70.4 Å². The van der Waals surface area contributed by atoms with Gasteiger partial charge in [0, 0.05) is 27.4 Å². The fourth-order valence-electron chi connectivity index (χ4n) is 2.45. The van der Waals surface area contributed by atoms with Crippen molar-refractivity contribution in [2.24, 2.45) is 10.8 Å². The summed E-state index contributed by atoms with van der Waals surface area (Å²) in [7, 11) is 0. The number of carbonyl (C=O) groups excluding carboxylic acids is 2. The Kier molecular flexibility index (Phi) is 5.77. The van der Waals surface area contributed by atoms with Crippen LogP contribution in [0.5, 0.6) is 0 Å². The molecule has 0 atom stereocenters. The SMILES string of the molecule is NC(=O)Cn1cc(/C=N\NC(=O)c2cccc(Br)c2)c(-c2ccccc2)n1. The van der Waals surface area contributed by atoms with E-state index in [1.54, 1.807) is 24.4 Å². The van der Waals surface area contributed by atoms with E-state index in [-0.39, 0.29) is 12.5 Å². The van der Waals surface area contributed by atoms with Gasteiger partial charge in [-0.1, -0.05) is 52.3 Å². The van der Waals surface area contributed by atoms with Crippen LogP contribution in [-0.2, 0) is 11.3 Å². The number of hydrogen-bond acceptors (Lipinski definition) is 4. The molecular weight excluding hydrogens is 410 g/mol. The van der Waals surface area contributed by atoms with Crippen LogP contribution in [0.25, 0.3) is 11.3 Å². The molecule has 1 heterocycles. The molecular formula is C19H16BrN5O2. The maximum absolute atomic E-state index is 12.2. The summed E-state index contributed by atoms with van der Waals surface area (Å²) < 4.78 is 2.25. The van der Waals surface area contributed by atoms with E-state index in [9.17, 15) is 9.59 Å². The van der Waals surface area contributed by atoms with Gasteiger partial charge in [-0.2, -0.15) is 10.2 Å². The summed E-state index contributed by atoms with van der Waals surface area (Å²) in [6.07, 6.45) is 3.14. The summed E-state index contributed by atoms with van der Waals surface area (Å²) in [4.78, 5) is 23.3. The minimum Gasteiger partial charge on any atom is -0.368 e. The van der Waals surface area contributed by atoms with Crippen molar-refractivity contribution in [3.63, 3.8) is 0 Å². The quantitative estimate of drug-likeness (QED) is 0.468. The Morgan fingerprint density at radius 1 is 1.19 bits per heavy atom. The first-order valence-electron chi connectivity index (χ1n) is 8.03. The fourth-order valence-corrected chi connectivity index (χ4v) is 2.85. The average Bonchev–Trinajstić information content (AvgIpc) is 3.04. The Bertz CT molecular complexity index is 998. The van der Waals surface area contributed by atoms with Gasteiger partial charge < -0.3 is 5.73 Å². The fraction of sp³-hybridized carbons (Fsp3) is 0.0526. The lowest BCUT2D eigenvalue weighted by Gasteiger charge is -2.00. The third kappa shape index (κ3) is 4.89. The highest BCUT2D eigenvalue weighted by atomic mass is 79.9. The van der Waals surface area contributed by atoms with Gasteiger partial charge in [-0.05, 0) is 18.2 Å². The topological polar surface area (TPSA) is 102 Å². The highest BCUT2D eigenvalue weighted by molar-refractivity contribution is 9.10. The van der Waals surface area contributed by atoms with Crippen molar-refractivity contribution >= 4 is 34.0 Å². The molecule has 1 aromatic heterocycles. The molecule has 136 valence electrons. The number of rotatable bonds is 6. The lowest BCUT2D eigenvalue weighted by atomic mass is 10.1. The number of amides is 2. The largest absolute Gasteiger partial charge is 0.368 e. The van der Waals surface area contributed by atoms with Gasteiger partial charge in [-0.15, -0.1) is 0 Å². The normalized spacial score (nSPS) is 10.9. The number of nitrogens with zero attached hydrogens (tertiary/aromatic N) is 3. The predicted molar refractivity (Wildman–Crippen MR) is 106 cm³/mol. The maximum Gasteiger partial charge on any atom is 0.271 e. The Hall–Kier alpha value is -3.26. The van der Waals surface area contributed by atoms with Gasteiger partial charge >= 0.3 is 0 Å². The number of primary amides is 1. The van der Waals surface area contributed by atoms with Crippen LogP contribution in [-0.4, -0.2) is 27.8 Å². The summed E-state index contributed by atoms with van der Waals surface area (Å²) in [5, 5.41) is 8.41. The zero-order valence-electron chi connectivity index (χ0n) is 14.2. The number of aromatic nitrogens is 2. The smallest absolute Gasteiger partial charge is 0.271 e. The first-order valence-corrected chi connectivity index (χ1v) is 8.82. The molecule has 2 amide bonds. The van der Waals surface area contributed by atoms with E-state index >= 15 is 0 Å². The van der Waals surface area contributed by atoms with Gasteiger partial charge in [0.05, 0.1) is 6.21 Å². The zero-order valence-corrected chi connectivity index (χ0v) is 15.8. The Labute approximate surface area is 164 Å². The van der Waals surface area contributed by atoms with Crippen LogP contribution in [0.4, 0.5) is 0 Å². The molecule has 0 spiro atoms. The lowest BCUT2D eigenvalue weighted by Crippen LogP contribution is -2.18. The van der Waals surface area contributed by atoms with Crippen LogP contribution in [0.1, 0.15) is 15.9 Å². The van der Waals surface area contributed by atoms with Crippen LogP contribution >= 0.6 is 15.9 Å². The van der Waals surface area contributed by atoms with Gasteiger partial charge in [0.15, 0.2) is 0 Å². The molecule has 0 unspecified atom stereocenters. The van der Waals surface area contributed by atoms with Gasteiger partial charge in [-0.3, -0.25) is 14.3 Å². The van der Waals surface area contributed by atoms with Crippen LogP contribution in [0.3, 0.4) is 0 Å². The molecule has 7 nitrogen and oxygen atoms in total. The summed E-state index contributed by atoms with van der Waals surface area (Å²) in [6, 6.07) is 16.5. The number of benzene rings is 2. The Morgan fingerprint density at radius 2 is 1.96 bits per heavy atom. The number of hydrogen-bond donors (Lipinski definition) is 2. The lowest BCUT2D eigenvalue weighted by molar-refractivity contribution is -0.118. The van der Waals surface area contributed by atoms with Gasteiger partial charge in [0.2, 0.25) is 5.91 Å². The maximum atomic E-state index is 12.2. The summed E-state index contributed by atoms with van der Waals surface area (Å²) in [5.41, 5.74) is 10.4. The number of carbonyl (C=O) groups is 2. The highest BCUT2D eigenvalue weighted by Gasteiger charge is 2.11. The van der Waals surface area contributed by atoms with Crippen LogP contribution in [0, 0.1) is 0 Å². The summed E-state index contributed by atoms with van der Waals surface area (Å²) in [6.45, 7) is -0.0436. The van der Waals surface area contributed by atoms with E-state index in [2.05, 4.69) is 31.6 Å². The van der Waals surface area contributed by atoms with Gasteiger partial charge in [0.1, 0.15) is 12.2 Å². The molecule has 0 aliphatic carbocycles. The molecule has 0 saturated carbocycles. The van der Waals surface area contributed by atoms with E-state index in [4.69, 9.17) is 5.73 Å². The Morgan fingerprint density at radius 3 is 2.67 bits per heavy atom. The minimum atomic E-state index is -0.497. The minimum absolute atomic E-state index is 0.0436. The van der Waals surface area contributed by atoms with Crippen molar-refractivity contribution in [1.82, 2.24) is 15.2 Å². The van der Waals surface area contributed by atoms with E-state index in [1.807, 2.05) is 36.4 Å². The molecule has 3 N–H and O–H groups in total.